The van der Waals surface area contributed by atoms with Crippen LogP contribution in [0.15, 0.2) is 64.0 Å². The number of thiophene rings is 3. The fraction of sp³-hybridized carbons (Fsp3) is 0.386. The van der Waals surface area contributed by atoms with Gasteiger partial charge in [-0.3, -0.25) is 14.6 Å². The third-order valence-electron chi connectivity index (χ3n) is 10.9. The molecule has 0 spiro atoms. The molecule has 3 saturated heterocycles. The largest absolute Gasteiger partial charge is 0.477 e. The summed E-state index contributed by atoms with van der Waals surface area (Å²) >= 11 is 9.06. The van der Waals surface area contributed by atoms with Crippen molar-refractivity contribution in [3.63, 3.8) is 0 Å². The van der Waals surface area contributed by atoms with Gasteiger partial charge in [0.25, 0.3) is 0 Å². The van der Waals surface area contributed by atoms with Gasteiger partial charge in [-0.05, 0) is 68.3 Å². The van der Waals surface area contributed by atoms with Gasteiger partial charge >= 0.3 is 52.2 Å². The van der Waals surface area contributed by atoms with Crippen LogP contribution in [0.2, 0.25) is 0 Å². The Labute approximate surface area is 417 Å². The Morgan fingerprint density at radius 3 is 1.27 bits per heavy atom. The van der Waals surface area contributed by atoms with E-state index < -0.39 is 40.3 Å². The lowest BCUT2D eigenvalue weighted by Gasteiger charge is -2.22. The van der Waals surface area contributed by atoms with E-state index in [-0.39, 0.29) is 42.6 Å². The van der Waals surface area contributed by atoms with E-state index in [9.17, 15) is 43.2 Å². The Balaban J connectivity index is 0.000000182. The van der Waals surface area contributed by atoms with E-state index in [1.807, 2.05) is 0 Å². The molecule has 3 aliphatic rings. The number of hydrogen-bond acceptors (Lipinski definition) is 18. The van der Waals surface area contributed by atoms with Gasteiger partial charge < -0.3 is 47.8 Å². The fourth-order valence-electron chi connectivity index (χ4n) is 7.15. The number of anilines is 3. The zero-order valence-corrected chi connectivity index (χ0v) is 41.7. The molecular weight excluding hydrogens is 995 g/mol. The van der Waals surface area contributed by atoms with Gasteiger partial charge in [-0.1, -0.05) is 0 Å². The lowest BCUT2D eigenvalue weighted by atomic mass is 10.3. The quantitative estimate of drug-likeness (QED) is 0.0721. The molecule has 3 fully saturated rings. The van der Waals surface area contributed by atoms with Gasteiger partial charge in [-0.15, -0.1) is 34.0 Å². The van der Waals surface area contributed by atoms with Crippen molar-refractivity contribution in [1.82, 2.24) is 14.7 Å². The second-order valence-corrected chi connectivity index (χ2v) is 18.9. The Bertz CT molecular complexity index is 3070. The summed E-state index contributed by atoms with van der Waals surface area (Å²) in [7, 11) is 7.53. The van der Waals surface area contributed by atoms with Crippen LogP contribution in [-0.4, -0.2) is 138 Å². The van der Waals surface area contributed by atoms with Crippen LogP contribution in [0.1, 0.15) is 69.6 Å². The molecule has 6 aromatic rings. The first kappa shape index (κ1) is 54.2. The van der Waals surface area contributed by atoms with E-state index in [0.717, 1.165) is 87.5 Å². The number of carbonyl (C=O) groups excluding carboxylic acids is 5. The molecule has 26 heteroatoms. The minimum Gasteiger partial charge on any atom is -0.477 e. The maximum absolute atomic E-state index is 12.4. The second kappa shape index (κ2) is 24.2. The number of rotatable bonds is 6. The average Bonchev–Trinajstić information content (AvgIpc) is 4.20. The zero-order chi connectivity index (χ0) is 50.1. The van der Waals surface area contributed by atoms with Gasteiger partial charge in [0.1, 0.15) is 26.7 Å². The summed E-state index contributed by atoms with van der Waals surface area (Å²) in [5, 5.41) is 13.7. The van der Waals surface area contributed by atoms with Crippen LogP contribution < -0.4 is 32.0 Å². The monoisotopic (exact) mass is 1040 g/mol. The normalized spacial score (nSPS) is 13.8. The highest BCUT2D eigenvalue weighted by molar-refractivity contribution is 7.23. The SMILES string of the molecule is CN(C(=O)N1CCCC1)c1cc2oc(=O)c(C(=O)O)cc2s1.CNc1cc2oc(=O)c(C(=O)OC)cc2s1.COC(=O)c1cc2sc(N(C)C(=O)N3CCCC3)cc2oc1=O.O=C(Cl)N1CCCC1.[B]. The topological polar surface area (TPSA) is 260 Å². The number of carboxylic acids is 1. The van der Waals surface area contributed by atoms with Crippen LogP contribution in [0.3, 0.4) is 0 Å². The third-order valence-corrected chi connectivity index (χ3v) is 14.5. The van der Waals surface area contributed by atoms with Crippen molar-refractivity contribution in [2.45, 2.75) is 38.5 Å². The van der Waals surface area contributed by atoms with E-state index in [0.29, 0.717) is 30.6 Å². The van der Waals surface area contributed by atoms with E-state index in [2.05, 4.69) is 14.8 Å². The van der Waals surface area contributed by atoms with Crippen LogP contribution in [0, 0.1) is 0 Å². The highest BCUT2D eigenvalue weighted by Gasteiger charge is 2.26. The van der Waals surface area contributed by atoms with Crippen LogP contribution in [0.4, 0.5) is 29.4 Å². The Hall–Kier alpha value is -6.70. The number of amides is 5. The first-order valence-electron chi connectivity index (χ1n) is 21.2. The molecule has 3 aliphatic heterocycles. The fourth-order valence-corrected chi connectivity index (χ4v) is 10.2. The minimum atomic E-state index is -1.33. The van der Waals surface area contributed by atoms with Crippen molar-refractivity contribution in [2.75, 3.05) is 89.7 Å². The summed E-state index contributed by atoms with van der Waals surface area (Å²) in [5.74, 6) is -2.75. The van der Waals surface area contributed by atoms with Gasteiger partial charge in [0, 0.05) is 87.0 Å². The number of urea groups is 2. The molecule has 21 nitrogen and oxygen atoms in total. The number of carboxylic acid groups (broad SMARTS) is 1. The summed E-state index contributed by atoms with van der Waals surface area (Å²) in [6.45, 7) is 4.70. The van der Waals surface area contributed by atoms with Crippen LogP contribution >= 0.6 is 45.6 Å². The summed E-state index contributed by atoms with van der Waals surface area (Å²) in [6, 6.07) is 8.95. The van der Waals surface area contributed by atoms with Crippen molar-refractivity contribution >= 4 is 135 Å². The molecular formula is C44H47BClN6O15S3. The van der Waals surface area contributed by atoms with Gasteiger partial charge in [0.15, 0.2) is 16.7 Å². The van der Waals surface area contributed by atoms with E-state index >= 15 is 0 Å². The van der Waals surface area contributed by atoms with E-state index in [1.54, 1.807) is 54.0 Å². The van der Waals surface area contributed by atoms with Crippen molar-refractivity contribution in [2.24, 2.45) is 0 Å². The summed E-state index contributed by atoms with van der Waals surface area (Å²) < 4.78 is 26.1. The highest BCUT2D eigenvalue weighted by atomic mass is 35.5. The molecule has 0 aromatic carbocycles. The van der Waals surface area contributed by atoms with Crippen molar-refractivity contribution < 1.29 is 56.6 Å². The van der Waals surface area contributed by atoms with Crippen LogP contribution in [0.25, 0.3) is 30.8 Å². The number of esters is 2. The zero-order valence-electron chi connectivity index (χ0n) is 38.5. The van der Waals surface area contributed by atoms with Crippen molar-refractivity contribution in [3.8, 4) is 0 Å². The number of methoxy groups -OCH3 is 2. The molecule has 9 rings (SSSR count). The molecule has 0 atom stereocenters. The lowest BCUT2D eigenvalue weighted by Crippen LogP contribution is -2.39. The van der Waals surface area contributed by atoms with Crippen molar-refractivity contribution in [3.05, 3.63) is 84.3 Å². The molecule has 3 radical (unpaired) electrons. The number of nitrogens with zero attached hydrogens (tertiary/aromatic N) is 5. The molecule has 0 saturated carbocycles. The molecule has 9 heterocycles. The van der Waals surface area contributed by atoms with Crippen LogP contribution in [0.5, 0.6) is 0 Å². The molecule has 0 unspecified atom stereocenters. The average molecular weight is 1040 g/mol. The molecule has 70 heavy (non-hydrogen) atoms. The number of carbonyl (C=O) groups is 6. The third kappa shape index (κ3) is 12.7. The number of hydrogen-bond donors (Lipinski definition) is 2. The molecule has 0 aliphatic carbocycles. The first-order valence-corrected chi connectivity index (χ1v) is 24.1. The molecule has 5 amide bonds. The second-order valence-electron chi connectivity index (χ2n) is 15.4. The van der Waals surface area contributed by atoms with Gasteiger partial charge in [0.05, 0.1) is 33.3 Å². The molecule has 0 bridgehead atoms. The smallest absolute Gasteiger partial charge is 0.351 e. The maximum atomic E-state index is 12.4. The molecule has 6 aromatic heterocycles. The highest BCUT2D eigenvalue weighted by Crippen LogP contribution is 2.34. The minimum absolute atomic E-state index is 0. The number of aromatic carboxylic acids is 1. The van der Waals surface area contributed by atoms with Gasteiger partial charge in [-0.25, -0.2) is 38.4 Å². The predicted octanol–water partition coefficient (Wildman–Crippen LogP) is 7.24. The standard InChI is InChI=1S/C15H16N2O5S.C14H14N2O5S.C10H9NO4S.C5H8ClNO.B/c1-16(15(20)17-5-3-4-6-17)12-8-10-11(23-12)7-9(13(18)21-2)14(19)22-10;1-15(14(20)16-4-2-3-5-16)11-7-9-10(22-11)6-8(12(17)18)13(19)21-9;1-11-8-4-6-7(16-8)3-5(9(12)14-2)10(13)15-6;6-5(8)7-3-1-2-4-7;/h7-8H,3-6H2,1-2H3;6-7H,2-5H2,1H3,(H,17,18);3-4,11H,1-2H3;1-4H2;. The Morgan fingerprint density at radius 2 is 0.929 bits per heavy atom. The number of fused-ring (bicyclic) bond motifs is 3. The van der Waals surface area contributed by atoms with E-state index in [4.69, 9.17) is 30.0 Å². The van der Waals surface area contributed by atoms with Gasteiger partial charge in [-0.2, -0.15) is 0 Å². The summed E-state index contributed by atoms with van der Waals surface area (Å²) in [6.07, 6.45) is 6.26. The predicted molar refractivity (Wildman–Crippen MR) is 267 cm³/mol. The number of nitrogens with one attached hydrogen (secondary N) is 1. The Morgan fingerprint density at radius 1 is 0.586 bits per heavy atom. The van der Waals surface area contributed by atoms with Crippen LogP contribution in [-0.2, 0) is 9.47 Å². The van der Waals surface area contributed by atoms with E-state index in [1.165, 1.54) is 76.2 Å². The number of likely N-dealkylation sites (tertiary alicyclic amines) is 3. The first-order chi connectivity index (χ1) is 32.9. The summed E-state index contributed by atoms with van der Waals surface area (Å²) in [5.41, 5.74) is -1.86. The summed E-state index contributed by atoms with van der Waals surface area (Å²) in [4.78, 5) is 112. The number of halogens is 1. The lowest BCUT2D eigenvalue weighted by molar-refractivity contribution is 0.0587. The maximum Gasteiger partial charge on any atom is 0.351 e. The molecule has 2 N–H and O–H groups in total. The Kier molecular flexibility index (Phi) is 18.8. The van der Waals surface area contributed by atoms with Crippen molar-refractivity contribution in [1.29, 1.82) is 0 Å². The number of ether oxygens (including phenoxy) is 2. The molecule has 371 valence electrons. The van der Waals surface area contributed by atoms with Gasteiger partial charge in [0.2, 0.25) is 0 Å².